The van der Waals surface area contributed by atoms with Crippen LogP contribution in [-0.4, -0.2) is 29.6 Å². The van der Waals surface area contributed by atoms with Gasteiger partial charge in [0, 0.05) is 19.6 Å². The summed E-state index contributed by atoms with van der Waals surface area (Å²) in [5, 5.41) is 3.11. The highest BCUT2D eigenvalue weighted by Gasteiger charge is 2.18. The lowest BCUT2D eigenvalue weighted by atomic mass is 10.0. The van der Waals surface area contributed by atoms with Crippen molar-refractivity contribution in [2.45, 2.75) is 39.5 Å². The zero-order chi connectivity index (χ0) is 13.7. The van der Waals surface area contributed by atoms with Crippen molar-refractivity contribution in [2.24, 2.45) is 5.92 Å². The Labute approximate surface area is 114 Å². The Morgan fingerprint density at radius 3 is 3.05 bits per heavy atom. The normalized spacial score (nSPS) is 20.2. The van der Waals surface area contributed by atoms with E-state index in [2.05, 4.69) is 34.0 Å². The third-order valence-corrected chi connectivity index (χ3v) is 3.58. The minimum absolute atomic E-state index is 0.323. The van der Waals surface area contributed by atoms with Crippen LogP contribution in [0.4, 0.5) is 16.2 Å². The number of anilines is 2. The summed E-state index contributed by atoms with van der Waals surface area (Å²) in [6, 6.07) is 0. The van der Waals surface area contributed by atoms with E-state index < -0.39 is 0 Å². The molecule has 1 aromatic heterocycles. The molecule has 106 valence electrons. The lowest BCUT2D eigenvalue weighted by Crippen LogP contribution is -2.26. The van der Waals surface area contributed by atoms with Crippen molar-refractivity contribution in [1.82, 2.24) is 9.97 Å². The second-order valence-electron chi connectivity index (χ2n) is 5.32. The van der Waals surface area contributed by atoms with Gasteiger partial charge in [0.05, 0.1) is 6.20 Å². The number of rotatable bonds is 4. The highest BCUT2D eigenvalue weighted by molar-refractivity contribution is 5.44. The number of hydrogen-bond donors (Lipinski definition) is 1. The molecule has 1 saturated heterocycles. The topological polar surface area (TPSA) is 41.1 Å². The molecule has 1 aliphatic heterocycles. The number of halogens is 1. The van der Waals surface area contributed by atoms with E-state index in [1.807, 2.05) is 0 Å². The molecule has 1 aliphatic rings. The average Bonchev–Trinajstić information content (AvgIpc) is 2.63. The third-order valence-electron chi connectivity index (χ3n) is 3.58. The van der Waals surface area contributed by atoms with Crippen LogP contribution in [0.25, 0.3) is 0 Å². The maximum atomic E-state index is 13.9. The lowest BCUT2D eigenvalue weighted by Gasteiger charge is -2.22. The van der Waals surface area contributed by atoms with E-state index in [1.54, 1.807) is 0 Å². The second kappa shape index (κ2) is 6.68. The number of aromatic nitrogens is 2. The predicted octanol–water partition coefficient (Wildman–Crippen LogP) is 3.06. The number of hydrogen-bond acceptors (Lipinski definition) is 4. The zero-order valence-corrected chi connectivity index (χ0v) is 11.8. The number of nitrogens with zero attached hydrogens (tertiary/aromatic N) is 3. The molecular weight excluding hydrogens is 243 g/mol. The van der Waals surface area contributed by atoms with Gasteiger partial charge in [-0.25, -0.2) is 9.37 Å². The van der Waals surface area contributed by atoms with E-state index in [9.17, 15) is 4.39 Å². The van der Waals surface area contributed by atoms with Crippen molar-refractivity contribution in [3.63, 3.8) is 0 Å². The smallest absolute Gasteiger partial charge is 0.224 e. The molecule has 19 heavy (non-hydrogen) atoms. The Hall–Kier alpha value is -1.39. The second-order valence-corrected chi connectivity index (χ2v) is 5.32. The van der Waals surface area contributed by atoms with Gasteiger partial charge in [0.1, 0.15) is 0 Å². The van der Waals surface area contributed by atoms with Crippen molar-refractivity contribution >= 4 is 11.8 Å². The van der Waals surface area contributed by atoms with Gasteiger partial charge in [-0.3, -0.25) is 0 Å². The van der Waals surface area contributed by atoms with Crippen molar-refractivity contribution < 1.29 is 4.39 Å². The molecule has 1 unspecified atom stereocenters. The van der Waals surface area contributed by atoms with Crippen LogP contribution in [0.15, 0.2) is 6.20 Å². The minimum atomic E-state index is -0.323. The molecule has 1 N–H and O–H groups in total. The summed E-state index contributed by atoms with van der Waals surface area (Å²) in [5.41, 5.74) is 0. The fourth-order valence-corrected chi connectivity index (χ4v) is 2.38. The Morgan fingerprint density at radius 1 is 1.42 bits per heavy atom. The summed E-state index contributed by atoms with van der Waals surface area (Å²) in [6.45, 7) is 6.90. The summed E-state index contributed by atoms with van der Waals surface area (Å²) in [7, 11) is 0. The summed E-state index contributed by atoms with van der Waals surface area (Å²) in [5.74, 6) is 1.36. The molecule has 0 aliphatic carbocycles. The zero-order valence-electron chi connectivity index (χ0n) is 11.8. The minimum Gasteiger partial charge on any atom is -0.354 e. The maximum Gasteiger partial charge on any atom is 0.224 e. The quantitative estimate of drug-likeness (QED) is 0.909. The summed E-state index contributed by atoms with van der Waals surface area (Å²) in [4.78, 5) is 10.4. The van der Waals surface area contributed by atoms with Gasteiger partial charge in [0.15, 0.2) is 11.6 Å². The van der Waals surface area contributed by atoms with Gasteiger partial charge < -0.3 is 10.2 Å². The fraction of sp³-hybridized carbons (Fsp3) is 0.714. The molecule has 2 rings (SSSR count). The van der Waals surface area contributed by atoms with Gasteiger partial charge in [0.2, 0.25) is 5.95 Å². The summed E-state index contributed by atoms with van der Waals surface area (Å²) in [6.07, 6.45) is 5.68. The van der Waals surface area contributed by atoms with Crippen LogP contribution in [0.2, 0.25) is 0 Å². The van der Waals surface area contributed by atoms with Crippen LogP contribution in [0.1, 0.15) is 39.5 Å². The maximum absolute atomic E-state index is 13.9. The van der Waals surface area contributed by atoms with Crippen LogP contribution >= 0.6 is 0 Å². The molecule has 0 bridgehead atoms. The SMILES string of the molecule is CCCNc1ncc(F)c(N2CCCC(C)CC2)n1. The average molecular weight is 266 g/mol. The van der Waals surface area contributed by atoms with Crippen LogP contribution in [0, 0.1) is 11.7 Å². The molecule has 0 radical (unpaired) electrons. The molecule has 1 atom stereocenters. The van der Waals surface area contributed by atoms with E-state index in [-0.39, 0.29) is 5.82 Å². The van der Waals surface area contributed by atoms with Gasteiger partial charge in [-0.05, 0) is 31.6 Å². The van der Waals surface area contributed by atoms with Gasteiger partial charge in [-0.2, -0.15) is 4.98 Å². The Balaban J connectivity index is 2.12. The van der Waals surface area contributed by atoms with E-state index in [1.165, 1.54) is 12.6 Å². The molecule has 0 spiro atoms. The van der Waals surface area contributed by atoms with Crippen LogP contribution in [0.5, 0.6) is 0 Å². The molecule has 0 saturated carbocycles. The van der Waals surface area contributed by atoms with Gasteiger partial charge in [0.25, 0.3) is 0 Å². The molecule has 5 heteroatoms. The standard InChI is InChI=1S/C14H23FN4/c1-3-7-16-14-17-10-12(15)13(18-14)19-8-4-5-11(2)6-9-19/h10-11H,3-9H2,1-2H3,(H,16,17,18). The first-order valence-corrected chi connectivity index (χ1v) is 7.22. The van der Waals surface area contributed by atoms with E-state index >= 15 is 0 Å². The largest absolute Gasteiger partial charge is 0.354 e. The molecule has 1 fully saturated rings. The van der Waals surface area contributed by atoms with E-state index in [0.717, 1.165) is 38.9 Å². The molecule has 0 amide bonds. The molecular formula is C14H23FN4. The first-order chi connectivity index (χ1) is 9.20. The van der Waals surface area contributed by atoms with Crippen LogP contribution < -0.4 is 10.2 Å². The van der Waals surface area contributed by atoms with Gasteiger partial charge in [-0.15, -0.1) is 0 Å². The van der Waals surface area contributed by atoms with Gasteiger partial charge in [-0.1, -0.05) is 13.8 Å². The van der Waals surface area contributed by atoms with Crippen LogP contribution in [0.3, 0.4) is 0 Å². The molecule has 2 heterocycles. The number of nitrogens with one attached hydrogen (secondary N) is 1. The molecule has 1 aromatic rings. The molecule has 0 aromatic carbocycles. The Morgan fingerprint density at radius 2 is 2.26 bits per heavy atom. The highest BCUT2D eigenvalue weighted by Crippen LogP contribution is 2.23. The van der Waals surface area contributed by atoms with Gasteiger partial charge >= 0.3 is 0 Å². The Bertz CT molecular complexity index is 410. The monoisotopic (exact) mass is 266 g/mol. The predicted molar refractivity (Wildman–Crippen MR) is 76.0 cm³/mol. The van der Waals surface area contributed by atoms with Crippen molar-refractivity contribution in [2.75, 3.05) is 29.9 Å². The van der Waals surface area contributed by atoms with Crippen molar-refractivity contribution in [3.8, 4) is 0 Å². The van der Waals surface area contributed by atoms with Crippen molar-refractivity contribution in [1.29, 1.82) is 0 Å². The van der Waals surface area contributed by atoms with Crippen LogP contribution in [-0.2, 0) is 0 Å². The van der Waals surface area contributed by atoms with Crippen molar-refractivity contribution in [3.05, 3.63) is 12.0 Å². The first kappa shape index (κ1) is 14.0. The van der Waals surface area contributed by atoms with E-state index in [4.69, 9.17) is 0 Å². The lowest BCUT2D eigenvalue weighted by molar-refractivity contribution is 0.520. The van der Waals surface area contributed by atoms with E-state index in [0.29, 0.717) is 17.7 Å². The summed E-state index contributed by atoms with van der Waals surface area (Å²) >= 11 is 0. The fourth-order valence-electron chi connectivity index (χ4n) is 2.38. The third kappa shape index (κ3) is 3.78. The summed E-state index contributed by atoms with van der Waals surface area (Å²) < 4.78 is 13.9. The highest BCUT2D eigenvalue weighted by atomic mass is 19.1. The Kier molecular flexibility index (Phi) is 4.93. The molecule has 4 nitrogen and oxygen atoms in total. The first-order valence-electron chi connectivity index (χ1n) is 7.22.